The van der Waals surface area contributed by atoms with Crippen LogP contribution in [-0.2, 0) is 16.0 Å². The summed E-state index contributed by atoms with van der Waals surface area (Å²) in [6.45, 7) is -0.127. The second kappa shape index (κ2) is 4.25. The second-order valence-corrected chi connectivity index (χ2v) is 3.85. The maximum absolute atomic E-state index is 13.0. The van der Waals surface area contributed by atoms with E-state index in [9.17, 15) is 18.4 Å². The van der Waals surface area contributed by atoms with Crippen molar-refractivity contribution in [2.45, 2.75) is 12.3 Å². The first kappa shape index (κ1) is 12.3. The summed E-state index contributed by atoms with van der Waals surface area (Å²) in [6.07, 6.45) is -0.939. The SMILES string of the molecule is O=C1COc2ccc(CC(F)(F)C(=O)O)cc2N1. The van der Waals surface area contributed by atoms with Crippen molar-refractivity contribution in [2.75, 3.05) is 11.9 Å². The highest BCUT2D eigenvalue weighted by molar-refractivity contribution is 5.95. The highest BCUT2D eigenvalue weighted by atomic mass is 19.3. The Bertz CT molecular complexity index is 516. The van der Waals surface area contributed by atoms with E-state index in [1.807, 2.05) is 0 Å². The minimum atomic E-state index is -3.84. The molecule has 96 valence electrons. The zero-order valence-corrected chi connectivity index (χ0v) is 9.07. The van der Waals surface area contributed by atoms with E-state index in [-0.39, 0.29) is 23.8 Å². The zero-order chi connectivity index (χ0) is 13.3. The van der Waals surface area contributed by atoms with Gasteiger partial charge in [-0.3, -0.25) is 4.79 Å². The number of ether oxygens (including phenoxy) is 1. The van der Waals surface area contributed by atoms with Crippen LogP contribution >= 0.6 is 0 Å². The molecule has 0 aromatic heterocycles. The van der Waals surface area contributed by atoms with E-state index in [1.165, 1.54) is 18.2 Å². The van der Waals surface area contributed by atoms with Gasteiger partial charge in [0.1, 0.15) is 5.75 Å². The van der Waals surface area contributed by atoms with Gasteiger partial charge in [0.15, 0.2) is 6.61 Å². The van der Waals surface area contributed by atoms with Crippen LogP contribution in [0.1, 0.15) is 5.56 Å². The Morgan fingerprint density at radius 2 is 2.22 bits per heavy atom. The van der Waals surface area contributed by atoms with Gasteiger partial charge in [-0.05, 0) is 17.7 Å². The van der Waals surface area contributed by atoms with Gasteiger partial charge in [-0.2, -0.15) is 8.78 Å². The molecule has 2 N–H and O–H groups in total. The standard InChI is InChI=1S/C11H9F2NO4/c12-11(13,10(16)17)4-6-1-2-8-7(3-6)14-9(15)5-18-8/h1-3H,4-5H2,(H,14,15)(H,16,17). The Morgan fingerprint density at radius 1 is 1.50 bits per heavy atom. The molecule has 0 radical (unpaired) electrons. The molecule has 0 unspecified atom stereocenters. The average Bonchev–Trinajstić information content (AvgIpc) is 2.27. The molecule has 5 nitrogen and oxygen atoms in total. The van der Waals surface area contributed by atoms with Gasteiger partial charge in [0.25, 0.3) is 5.91 Å². The number of nitrogens with one attached hydrogen (secondary N) is 1. The number of alkyl halides is 2. The van der Waals surface area contributed by atoms with Crippen LogP contribution < -0.4 is 10.1 Å². The fourth-order valence-electron chi connectivity index (χ4n) is 1.57. The number of fused-ring (bicyclic) bond motifs is 1. The lowest BCUT2D eigenvalue weighted by molar-refractivity contribution is -0.164. The lowest BCUT2D eigenvalue weighted by atomic mass is 10.1. The fourth-order valence-corrected chi connectivity index (χ4v) is 1.57. The fraction of sp³-hybridized carbons (Fsp3) is 0.273. The molecule has 0 saturated carbocycles. The van der Waals surface area contributed by atoms with Crippen molar-refractivity contribution in [2.24, 2.45) is 0 Å². The highest BCUT2D eigenvalue weighted by Gasteiger charge is 2.39. The Morgan fingerprint density at radius 3 is 2.89 bits per heavy atom. The number of rotatable bonds is 3. The quantitative estimate of drug-likeness (QED) is 0.855. The number of anilines is 1. The van der Waals surface area contributed by atoms with Crippen LogP contribution in [0.25, 0.3) is 0 Å². The van der Waals surface area contributed by atoms with Crippen LogP contribution in [0.4, 0.5) is 14.5 Å². The van der Waals surface area contributed by atoms with Crippen LogP contribution in [0.3, 0.4) is 0 Å². The smallest absolute Gasteiger partial charge is 0.374 e. The van der Waals surface area contributed by atoms with E-state index in [2.05, 4.69) is 5.32 Å². The minimum absolute atomic E-state index is 0.104. The summed E-state index contributed by atoms with van der Waals surface area (Å²) in [4.78, 5) is 21.4. The van der Waals surface area contributed by atoms with Gasteiger partial charge < -0.3 is 15.2 Å². The molecule has 1 heterocycles. The molecule has 1 aromatic carbocycles. The number of benzene rings is 1. The molecule has 0 saturated heterocycles. The number of carbonyl (C=O) groups is 2. The topological polar surface area (TPSA) is 75.6 Å². The first-order valence-corrected chi connectivity index (χ1v) is 5.05. The summed E-state index contributed by atoms with van der Waals surface area (Å²) < 4.78 is 31.1. The van der Waals surface area contributed by atoms with Crippen LogP contribution in [0, 0.1) is 0 Å². The molecule has 18 heavy (non-hydrogen) atoms. The number of carboxylic acid groups (broad SMARTS) is 1. The van der Waals surface area contributed by atoms with Gasteiger partial charge in [0.05, 0.1) is 5.69 Å². The second-order valence-electron chi connectivity index (χ2n) is 3.85. The third-order valence-electron chi connectivity index (χ3n) is 2.42. The zero-order valence-electron chi connectivity index (χ0n) is 9.07. The number of halogens is 2. The van der Waals surface area contributed by atoms with Gasteiger partial charge >= 0.3 is 11.9 Å². The van der Waals surface area contributed by atoms with Crippen LogP contribution in [0.15, 0.2) is 18.2 Å². The molecule has 2 rings (SSSR count). The van der Waals surface area contributed by atoms with Crippen molar-refractivity contribution in [3.8, 4) is 5.75 Å². The average molecular weight is 257 g/mol. The maximum Gasteiger partial charge on any atom is 0.374 e. The van der Waals surface area contributed by atoms with Gasteiger partial charge in [-0.25, -0.2) is 4.79 Å². The van der Waals surface area contributed by atoms with Gasteiger partial charge in [0.2, 0.25) is 0 Å². The molecular weight excluding hydrogens is 248 g/mol. The molecule has 1 aromatic rings. The van der Waals surface area contributed by atoms with E-state index in [0.717, 1.165) is 0 Å². The number of amides is 1. The molecule has 0 atom stereocenters. The van der Waals surface area contributed by atoms with E-state index >= 15 is 0 Å². The van der Waals surface area contributed by atoms with Gasteiger partial charge in [-0.1, -0.05) is 6.07 Å². The highest BCUT2D eigenvalue weighted by Crippen LogP contribution is 2.30. The molecule has 1 aliphatic rings. The molecule has 0 bridgehead atoms. The summed E-state index contributed by atoms with van der Waals surface area (Å²) in [5, 5.41) is 10.8. The van der Waals surface area contributed by atoms with Crippen molar-refractivity contribution >= 4 is 17.6 Å². The third kappa shape index (κ3) is 2.39. The van der Waals surface area contributed by atoms with Crippen molar-refractivity contribution < 1.29 is 28.2 Å². The van der Waals surface area contributed by atoms with Crippen molar-refractivity contribution in [3.05, 3.63) is 23.8 Å². The summed E-state index contributed by atoms with van der Waals surface area (Å²) in [5.41, 5.74) is 0.372. The summed E-state index contributed by atoms with van der Waals surface area (Å²) in [7, 11) is 0. The number of carboxylic acids is 1. The molecule has 0 spiro atoms. The summed E-state index contributed by atoms with van der Waals surface area (Å²) in [5.74, 6) is -6.03. The Hall–Kier alpha value is -2.18. The number of hydrogen-bond acceptors (Lipinski definition) is 3. The lowest BCUT2D eigenvalue weighted by Crippen LogP contribution is -2.31. The Balaban J connectivity index is 2.24. The minimum Gasteiger partial charge on any atom is -0.482 e. The van der Waals surface area contributed by atoms with Gasteiger partial charge in [-0.15, -0.1) is 0 Å². The third-order valence-corrected chi connectivity index (χ3v) is 2.42. The molecule has 1 amide bonds. The number of hydrogen-bond donors (Lipinski definition) is 2. The lowest BCUT2D eigenvalue weighted by Gasteiger charge is -2.19. The van der Waals surface area contributed by atoms with Gasteiger partial charge in [0, 0.05) is 6.42 Å². The predicted molar refractivity (Wildman–Crippen MR) is 56.9 cm³/mol. The van der Waals surface area contributed by atoms with E-state index < -0.39 is 18.3 Å². The molecule has 1 aliphatic heterocycles. The monoisotopic (exact) mass is 257 g/mol. The van der Waals surface area contributed by atoms with E-state index in [1.54, 1.807) is 0 Å². The van der Waals surface area contributed by atoms with Crippen molar-refractivity contribution in [1.82, 2.24) is 0 Å². The molecule has 7 heteroatoms. The number of carbonyl (C=O) groups excluding carboxylic acids is 1. The first-order chi connectivity index (χ1) is 8.38. The Labute approximate surface area is 100 Å². The Kier molecular flexibility index (Phi) is 2.90. The predicted octanol–water partition coefficient (Wildman–Crippen LogP) is 1.28. The molecule has 0 aliphatic carbocycles. The molecular formula is C11H9F2NO4. The normalized spacial score (nSPS) is 14.4. The first-order valence-electron chi connectivity index (χ1n) is 5.05. The van der Waals surface area contributed by atoms with Crippen molar-refractivity contribution in [3.63, 3.8) is 0 Å². The summed E-state index contributed by atoms with van der Waals surface area (Å²) >= 11 is 0. The summed E-state index contributed by atoms with van der Waals surface area (Å²) in [6, 6.07) is 4.04. The van der Waals surface area contributed by atoms with E-state index in [4.69, 9.17) is 9.84 Å². The largest absolute Gasteiger partial charge is 0.482 e. The van der Waals surface area contributed by atoms with Crippen LogP contribution in [0.2, 0.25) is 0 Å². The number of aliphatic carboxylic acids is 1. The molecule has 0 fully saturated rings. The van der Waals surface area contributed by atoms with Crippen LogP contribution in [-0.4, -0.2) is 29.5 Å². The van der Waals surface area contributed by atoms with E-state index in [0.29, 0.717) is 5.75 Å². The maximum atomic E-state index is 13.0. The van der Waals surface area contributed by atoms with Crippen molar-refractivity contribution in [1.29, 1.82) is 0 Å². The van der Waals surface area contributed by atoms with Crippen LogP contribution in [0.5, 0.6) is 5.75 Å².